The Morgan fingerprint density at radius 1 is 1.33 bits per heavy atom. The summed E-state index contributed by atoms with van der Waals surface area (Å²) in [6.07, 6.45) is 0.944. The third-order valence-electron chi connectivity index (χ3n) is 2.38. The van der Waals surface area contributed by atoms with Crippen LogP contribution in [0, 0.1) is 5.82 Å². The minimum absolute atomic E-state index is 0.393. The molecule has 1 rings (SSSR count). The quantitative estimate of drug-likeness (QED) is 0.766. The van der Waals surface area contributed by atoms with Gasteiger partial charge in [0.15, 0.2) is 0 Å². The highest BCUT2D eigenvalue weighted by atomic mass is 32.2. The van der Waals surface area contributed by atoms with Gasteiger partial charge in [0, 0.05) is 12.3 Å². The largest absolute Gasteiger partial charge is 0.478 e. The lowest BCUT2D eigenvalue weighted by Crippen LogP contribution is -2.37. The molecule has 0 spiro atoms. The Morgan fingerprint density at radius 3 is 2.33 bits per heavy atom. The van der Waals surface area contributed by atoms with Gasteiger partial charge in [-0.25, -0.2) is 30.7 Å². The fraction of sp³-hybridized carbons (Fsp3) is 0.364. The summed E-state index contributed by atoms with van der Waals surface area (Å²) < 4.78 is 61.7. The molecule has 0 saturated heterocycles. The fourth-order valence-corrected chi connectivity index (χ4v) is 4.07. The molecule has 21 heavy (non-hydrogen) atoms. The first kappa shape index (κ1) is 17.5. The molecule has 0 bridgehead atoms. The van der Waals surface area contributed by atoms with Crippen LogP contribution in [0.1, 0.15) is 17.3 Å². The van der Waals surface area contributed by atoms with Gasteiger partial charge in [0.25, 0.3) is 0 Å². The fourth-order valence-electron chi connectivity index (χ4n) is 1.67. The molecule has 118 valence electrons. The Morgan fingerprint density at radius 2 is 1.90 bits per heavy atom. The summed E-state index contributed by atoms with van der Waals surface area (Å²) in [5, 5.41) is 8.68. The van der Waals surface area contributed by atoms with E-state index in [9.17, 15) is 26.0 Å². The number of hydrogen-bond donors (Lipinski definition) is 2. The van der Waals surface area contributed by atoms with Crippen LogP contribution in [-0.2, 0) is 19.9 Å². The molecular weight excluding hydrogens is 325 g/mol. The topological polar surface area (TPSA) is 118 Å². The van der Waals surface area contributed by atoms with Crippen LogP contribution in [0.25, 0.3) is 0 Å². The number of nitrogens with one attached hydrogen (secondary N) is 1. The monoisotopic (exact) mass is 339 g/mol. The second kappa shape index (κ2) is 6.08. The van der Waals surface area contributed by atoms with Crippen molar-refractivity contribution in [2.24, 2.45) is 0 Å². The first-order valence-electron chi connectivity index (χ1n) is 5.65. The van der Waals surface area contributed by atoms with E-state index in [2.05, 4.69) is 0 Å². The van der Waals surface area contributed by atoms with Gasteiger partial charge in [-0.2, -0.15) is 0 Å². The van der Waals surface area contributed by atoms with Gasteiger partial charge in [-0.15, -0.1) is 0 Å². The predicted octanol–water partition coefficient (Wildman–Crippen LogP) is 0.235. The number of hydrogen-bond acceptors (Lipinski definition) is 5. The average molecular weight is 339 g/mol. The van der Waals surface area contributed by atoms with Crippen molar-refractivity contribution in [2.75, 3.05) is 12.0 Å². The number of sulfonamides is 1. The van der Waals surface area contributed by atoms with Crippen molar-refractivity contribution in [3.05, 3.63) is 29.6 Å². The number of carboxylic acids is 1. The van der Waals surface area contributed by atoms with Crippen molar-refractivity contribution in [3.8, 4) is 0 Å². The van der Waals surface area contributed by atoms with Gasteiger partial charge < -0.3 is 5.11 Å². The third kappa shape index (κ3) is 5.06. The number of rotatable bonds is 6. The Bertz CT molecular complexity index is 757. The second-order valence-corrected chi connectivity index (χ2v) is 8.43. The summed E-state index contributed by atoms with van der Waals surface area (Å²) in [6, 6.07) is 1.39. The normalized spacial score (nSPS) is 13.9. The molecule has 1 unspecified atom stereocenters. The van der Waals surface area contributed by atoms with E-state index in [1.54, 1.807) is 0 Å². The number of carbonyl (C=O) groups is 1. The average Bonchev–Trinajstić information content (AvgIpc) is 2.24. The summed E-state index contributed by atoms with van der Waals surface area (Å²) in [7, 11) is -7.69. The smallest absolute Gasteiger partial charge is 0.335 e. The Kier molecular flexibility index (Phi) is 5.07. The predicted molar refractivity (Wildman–Crippen MR) is 72.9 cm³/mol. The van der Waals surface area contributed by atoms with E-state index in [1.165, 1.54) is 6.92 Å². The molecule has 0 saturated carbocycles. The lowest BCUT2D eigenvalue weighted by Gasteiger charge is -2.13. The molecule has 2 N–H and O–H groups in total. The molecule has 7 nitrogen and oxygen atoms in total. The second-order valence-electron chi connectivity index (χ2n) is 4.57. The molecule has 0 aliphatic heterocycles. The van der Waals surface area contributed by atoms with Crippen LogP contribution >= 0.6 is 0 Å². The van der Waals surface area contributed by atoms with Crippen LogP contribution in [0.15, 0.2) is 23.1 Å². The molecule has 1 aromatic carbocycles. The summed E-state index contributed by atoms with van der Waals surface area (Å²) in [5.41, 5.74) is -0.393. The highest BCUT2D eigenvalue weighted by molar-refractivity contribution is 7.91. The first-order chi connectivity index (χ1) is 9.42. The summed E-state index contributed by atoms with van der Waals surface area (Å²) in [5.74, 6) is -3.06. The van der Waals surface area contributed by atoms with Crippen LogP contribution in [0.3, 0.4) is 0 Å². The molecule has 0 radical (unpaired) electrons. The molecule has 0 fully saturated rings. The minimum Gasteiger partial charge on any atom is -0.478 e. The number of halogens is 1. The standard InChI is InChI=1S/C11H14FNO6S2/c1-7(6-20(2,16)17)13-21(18,19)10-4-3-8(11(14)15)5-9(10)12/h3-5,7,13H,6H2,1-2H3,(H,14,15). The highest BCUT2D eigenvalue weighted by Crippen LogP contribution is 2.16. The third-order valence-corrected chi connectivity index (χ3v) is 5.11. The van der Waals surface area contributed by atoms with Crippen molar-refractivity contribution < 1.29 is 31.1 Å². The van der Waals surface area contributed by atoms with Gasteiger partial charge in [0.2, 0.25) is 10.0 Å². The Hall–Kier alpha value is -1.52. The number of carboxylic acid groups (broad SMARTS) is 1. The van der Waals surface area contributed by atoms with Crippen LogP contribution in [0.5, 0.6) is 0 Å². The van der Waals surface area contributed by atoms with Crippen LogP contribution in [0.4, 0.5) is 4.39 Å². The first-order valence-corrected chi connectivity index (χ1v) is 9.19. The van der Waals surface area contributed by atoms with E-state index in [-0.39, 0.29) is 0 Å². The molecule has 0 aliphatic carbocycles. The zero-order valence-electron chi connectivity index (χ0n) is 11.2. The molecule has 0 aliphatic rings. The zero-order chi connectivity index (χ0) is 16.4. The van der Waals surface area contributed by atoms with Gasteiger partial charge in [-0.05, 0) is 25.1 Å². The lowest BCUT2D eigenvalue weighted by molar-refractivity contribution is 0.0696. The van der Waals surface area contributed by atoms with Crippen molar-refractivity contribution in [1.29, 1.82) is 0 Å². The number of sulfone groups is 1. The van der Waals surface area contributed by atoms with Gasteiger partial charge in [-0.3, -0.25) is 0 Å². The van der Waals surface area contributed by atoms with E-state index >= 15 is 0 Å². The van der Waals surface area contributed by atoms with E-state index in [0.29, 0.717) is 6.07 Å². The maximum absolute atomic E-state index is 13.7. The molecule has 1 aromatic rings. The van der Waals surface area contributed by atoms with Crippen LogP contribution in [0.2, 0.25) is 0 Å². The molecule has 1 atom stereocenters. The summed E-state index contributed by atoms with van der Waals surface area (Å²) >= 11 is 0. The molecule has 0 amide bonds. The highest BCUT2D eigenvalue weighted by Gasteiger charge is 2.24. The minimum atomic E-state index is -4.29. The van der Waals surface area contributed by atoms with Crippen molar-refractivity contribution in [1.82, 2.24) is 4.72 Å². The number of benzene rings is 1. The van der Waals surface area contributed by atoms with Crippen molar-refractivity contribution in [3.63, 3.8) is 0 Å². The maximum Gasteiger partial charge on any atom is 0.335 e. The Labute approximate surface area is 121 Å². The molecular formula is C11H14FNO6S2. The van der Waals surface area contributed by atoms with Crippen molar-refractivity contribution in [2.45, 2.75) is 17.9 Å². The molecule has 0 aromatic heterocycles. The van der Waals surface area contributed by atoms with Crippen molar-refractivity contribution >= 4 is 25.8 Å². The van der Waals surface area contributed by atoms with Gasteiger partial charge in [-0.1, -0.05) is 0 Å². The van der Waals surface area contributed by atoms with Gasteiger partial charge in [0.05, 0.1) is 11.3 Å². The van der Waals surface area contributed by atoms with Crippen LogP contribution in [-0.4, -0.2) is 46.0 Å². The van der Waals surface area contributed by atoms with E-state index in [0.717, 1.165) is 18.4 Å². The summed E-state index contributed by atoms with van der Waals surface area (Å²) in [6.45, 7) is 1.32. The zero-order valence-corrected chi connectivity index (χ0v) is 12.8. The molecule has 0 heterocycles. The van der Waals surface area contributed by atoms with Crippen LogP contribution < -0.4 is 4.72 Å². The van der Waals surface area contributed by atoms with E-state index < -0.39 is 53.9 Å². The van der Waals surface area contributed by atoms with E-state index in [1.807, 2.05) is 4.72 Å². The van der Waals surface area contributed by atoms with Gasteiger partial charge >= 0.3 is 5.97 Å². The Balaban J connectivity index is 3.06. The molecule has 10 heteroatoms. The maximum atomic E-state index is 13.7. The lowest BCUT2D eigenvalue weighted by atomic mass is 10.2. The summed E-state index contributed by atoms with van der Waals surface area (Å²) in [4.78, 5) is 9.91. The number of aromatic carboxylic acids is 1. The van der Waals surface area contributed by atoms with Gasteiger partial charge in [0.1, 0.15) is 20.5 Å². The SMILES string of the molecule is CC(CS(C)(=O)=O)NS(=O)(=O)c1ccc(C(=O)O)cc1F. The van der Waals surface area contributed by atoms with E-state index in [4.69, 9.17) is 5.11 Å².